The first-order chi connectivity index (χ1) is 14.5. The molecular weight excluding hydrogens is 469 g/mol. The van der Waals surface area contributed by atoms with Gasteiger partial charge in [0.2, 0.25) is 0 Å². The second-order valence-corrected chi connectivity index (χ2v) is 7.97. The quantitative estimate of drug-likeness (QED) is 0.319. The average molecular weight is 478 g/mol. The molecule has 3 rings (SSSR count). The monoisotopic (exact) mass is 477 g/mol. The van der Waals surface area contributed by atoms with Crippen LogP contribution in [0.2, 0.25) is 5.02 Å². The highest BCUT2D eigenvalue weighted by Crippen LogP contribution is 2.35. The summed E-state index contributed by atoms with van der Waals surface area (Å²) in [5.41, 5.74) is -2.44. The van der Waals surface area contributed by atoms with Crippen LogP contribution in [0.25, 0.3) is 11.1 Å². The zero-order valence-corrected chi connectivity index (χ0v) is 16.5. The lowest BCUT2D eigenvalue weighted by atomic mass is 10.0. The van der Waals surface area contributed by atoms with Crippen molar-refractivity contribution in [2.45, 2.75) is 4.90 Å². The molecule has 0 aromatic heterocycles. The molecule has 3 aromatic carbocycles. The molecule has 1 amide bonds. The van der Waals surface area contributed by atoms with Gasteiger partial charge < -0.3 is 4.74 Å². The molecule has 0 aliphatic rings. The van der Waals surface area contributed by atoms with Crippen molar-refractivity contribution in [1.29, 1.82) is 0 Å². The van der Waals surface area contributed by atoms with Crippen LogP contribution >= 0.6 is 11.6 Å². The molecule has 0 heterocycles. The minimum absolute atomic E-state index is 0.00739. The number of carbonyl (C=O) groups excluding carboxylic acids is 1. The Hall–Kier alpha value is -3.18. The lowest BCUT2D eigenvalue weighted by Crippen LogP contribution is -2.33. The first kappa shape index (κ1) is 22.5. The van der Waals surface area contributed by atoms with Crippen molar-refractivity contribution in [1.82, 2.24) is 4.72 Å². The molecule has 0 bridgehead atoms. The lowest BCUT2D eigenvalue weighted by Gasteiger charge is -2.13. The van der Waals surface area contributed by atoms with Crippen LogP contribution in [-0.4, -0.2) is 14.5 Å². The van der Waals surface area contributed by atoms with E-state index in [1.807, 2.05) is 0 Å². The number of amides is 1. The summed E-state index contributed by atoms with van der Waals surface area (Å²) in [5.74, 6) is -9.19. The van der Waals surface area contributed by atoms with Crippen molar-refractivity contribution in [2.75, 3.05) is 0 Å². The summed E-state index contributed by atoms with van der Waals surface area (Å²) in [5, 5.41) is -0.760. The van der Waals surface area contributed by atoms with Gasteiger partial charge in [0.15, 0.2) is 17.5 Å². The molecule has 0 saturated heterocycles. The van der Waals surface area contributed by atoms with Gasteiger partial charge in [-0.25, -0.2) is 39.9 Å². The predicted molar refractivity (Wildman–Crippen MR) is 99.5 cm³/mol. The zero-order chi connectivity index (χ0) is 22.9. The van der Waals surface area contributed by atoms with Crippen LogP contribution in [-0.2, 0) is 10.0 Å². The minimum Gasteiger partial charge on any atom is -0.410 e. The van der Waals surface area contributed by atoms with Crippen molar-refractivity contribution in [3.63, 3.8) is 0 Å². The number of carbonyl (C=O) groups is 1. The maximum absolute atomic E-state index is 14.3. The number of hydrogen-bond acceptors (Lipinski definition) is 4. The fourth-order valence-corrected chi connectivity index (χ4v) is 3.94. The number of para-hydroxylation sites is 1. The summed E-state index contributed by atoms with van der Waals surface area (Å²) in [6.45, 7) is 0. The summed E-state index contributed by atoms with van der Waals surface area (Å²) in [6, 6.07) is 8.04. The SMILES string of the molecule is O=C(NS(=O)(=O)c1cc(-c2c(F)cc(F)c(F)c2F)c(F)cc1Cl)Oc1ccccc1. The van der Waals surface area contributed by atoms with E-state index >= 15 is 0 Å². The van der Waals surface area contributed by atoms with Gasteiger partial charge in [-0.15, -0.1) is 0 Å². The Labute approximate surface area is 177 Å². The van der Waals surface area contributed by atoms with E-state index in [9.17, 15) is 35.2 Å². The zero-order valence-electron chi connectivity index (χ0n) is 14.9. The van der Waals surface area contributed by atoms with Gasteiger partial charge in [0.25, 0.3) is 10.0 Å². The molecule has 0 fully saturated rings. The normalized spacial score (nSPS) is 11.3. The van der Waals surface area contributed by atoms with Gasteiger partial charge in [-0.2, -0.15) is 0 Å². The standard InChI is InChI=1S/C19H9ClF5NO4S/c20-11-7-12(21)10(16-13(22)8-14(23)17(24)18(16)25)6-15(11)31(28,29)26-19(27)30-9-4-2-1-3-5-9/h1-8H,(H,26,27). The molecule has 3 aromatic rings. The van der Waals surface area contributed by atoms with Gasteiger partial charge >= 0.3 is 6.09 Å². The molecule has 0 atom stereocenters. The molecule has 1 N–H and O–H groups in total. The summed E-state index contributed by atoms with van der Waals surface area (Å²) in [4.78, 5) is 10.9. The Balaban J connectivity index is 2.03. The number of nitrogens with one attached hydrogen (secondary N) is 1. The fraction of sp³-hybridized carbons (Fsp3) is 0. The van der Waals surface area contributed by atoms with Crippen LogP contribution in [0, 0.1) is 29.1 Å². The second-order valence-electron chi connectivity index (χ2n) is 5.91. The van der Waals surface area contributed by atoms with Crippen molar-refractivity contribution < 1.29 is 39.9 Å². The van der Waals surface area contributed by atoms with Gasteiger partial charge in [-0.1, -0.05) is 29.8 Å². The maximum Gasteiger partial charge on any atom is 0.426 e. The van der Waals surface area contributed by atoms with Crippen molar-refractivity contribution >= 4 is 27.7 Å². The van der Waals surface area contributed by atoms with E-state index < -0.39 is 66.2 Å². The summed E-state index contributed by atoms with van der Waals surface area (Å²) in [7, 11) is -4.84. The number of benzene rings is 3. The lowest BCUT2D eigenvalue weighted by molar-refractivity contribution is 0.207. The average Bonchev–Trinajstić information content (AvgIpc) is 2.67. The van der Waals surface area contributed by atoms with E-state index in [2.05, 4.69) is 0 Å². The molecule has 0 spiro atoms. The van der Waals surface area contributed by atoms with Gasteiger partial charge in [0, 0.05) is 11.6 Å². The van der Waals surface area contributed by atoms with Crippen molar-refractivity contribution in [3.05, 3.63) is 82.6 Å². The van der Waals surface area contributed by atoms with Crippen LogP contribution < -0.4 is 9.46 Å². The number of halogens is 6. The van der Waals surface area contributed by atoms with Gasteiger partial charge in [0.05, 0.1) is 10.6 Å². The van der Waals surface area contributed by atoms with Crippen LogP contribution in [0.15, 0.2) is 53.4 Å². The van der Waals surface area contributed by atoms with E-state index in [4.69, 9.17) is 16.3 Å². The second kappa shape index (κ2) is 8.52. The Morgan fingerprint density at radius 2 is 1.52 bits per heavy atom. The topological polar surface area (TPSA) is 72.5 Å². The summed E-state index contributed by atoms with van der Waals surface area (Å²) < 4.78 is 100. The third-order valence-electron chi connectivity index (χ3n) is 3.87. The smallest absolute Gasteiger partial charge is 0.410 e. The van der Waals surface area contributed by atoms with E-state index in [1.165, 1.54) is 29.0 Å². The van der Waals surface area contributed by atoms with Crippen LogP contribution in [0.5, 0.6) is 5.75 Å². The number of hydrogen-bond donors (Lipinski definition) is 1. The van der Waals surface area contributed by atoms with Gasteiger partial charge in [-0.3, -0.25) is 0 Å². The first-order valence-electron chi connectivity index (χ1n) is 8.13. The first-order valence-corrected chi connectivity index (χ1v) is 9.99. The van der Waals surface area contributed by atoms with Crippen LogP contribution in [0.3, 0.4) is 0 Å². The molecule has 0 saturated carbocycles. The van der Waals surface area contributed by atoms with E-state index in [-0.39, 0.29) is 11.8 Å². The summed E-state index contributed by atoms with van der Waals surface area (Å²) >= 11 is 5.72. The molecular formula is C19H9ClF5NO4S. The molecule has 0 unspecified atom stereocenters. The molecule has 0 aliphatic carbocycles. The highest BCUT2D eigenvalue weighted by molar-refractivity contribution is 7.90. The van der Waals surface area contributed by atoms with Crippen LogP contribution in [0.4, 0.5) is 26.7 Å². The fourth-order valence-electron chi connectivity index (χ4n) is 2.52. The molecule has 0 radical (unpaired) electrons. The van der Waals surface area contributed by atoms with Crippen molar-refractivity contribution in [2.24, 2.45) is 0 Å². The third kappa shape index (κ3) is 4.62. The highest BCUT2D eigenvalue weighted by atomic mass is 35.5. The Bertz CT molecular complexity index is 1290. The largest absolute Gasteiger partial charge is 0.426 e. The van der Waals surface area contributed by atoms with Crippen molar-refractivity contribution in [3.8, 4) is 16.9 Å². The minimum atomic E-state index is -4.84. The predicted octanol–water partition coefficient (Wildman–Crippen LogP) is 5.18. The van der Waals surface area contributed by atoms with E-state index in [1.54, 1.807) is 6.07 Å². The molecule has 5 nitrogen and oxygen atoms in total. The Kier molecular flexibility index (Phi) is 6.18. The Morgan fingerprint density at radius 3 is 2.16 bits per heavy atom. The third-order valence-corrected chi connectivity index (χ3v) is 5.64. The maximum atomic E-state index is 14.3. The number of rotatable bonds is 4. The van der Waals surface area contributed by atoms with Crippen LogP contribution in [0.1, 0.15) is 0 Å². The molecule has 162 valence electrons. The molecule has 0 aliphatic heterocycles. The highest BCUT2D eigenvalue weighted by Gasteiger charge is 2.28. The molecule has 12 heteroatoms. The van der Waals surface area contributed by atoms with Gasteiger partial charge in [0.1, 0.15) is 22.3 Å². The van der Waals surface area contributed by atoms with E-state index in [0.717, 1.165) is 0 Å². The summed E-state index contributed by atoms with van der Waals surface area (Å²) in [6.07, 6.45) is -1.46. The number of sulfonamides is 1. The Morgan fingerprint density at radius 1 is 0.871 bits per heavy atom. The molecule has 31 heavy (non-hydrogen) atoms. The van der Waals surface area contributed by atoms with E-state index in [0.29, 0.717) is 12.1 Å². The van der Waals surface area contributed by atoms with Gasteiger partial charge in [-0.05, 0) is 24.3 Å². The number of ether oxygens (including phenoxy) is 1.